The molecule has 0 saturated carbocycles. The van der Waals surface area contributed by atoms with Gasteiger partial charge in [0.1, 0.15) is 5.75 Å². The standard InChI is InChI=1S/C16H24N2O4S/c1-18(14-8-10-23(20,21)12-14)16(19)11-17-9-7-13-3-5-15(22-2)6-4-13/h3-6,14,17H,7-12H2,1-2H3. The summed E-state index contributed by atoms with van der Waals surface area (Å²) < 4.78 is 28.0. The van der Waals surface area contributed by atoms with Crippen molar-refractivity contribution in [1.82, 2.24) is 10.2 Å². The molecule has 0 spiro atoms. The highest BCUT2D eigenvalue weighted by atomic mass is 32.2. The van der Waals surface area contributed by atoms with Crippen molar-refractivity contribution < 1.29 is 17.9 Å². The molecule has 0 aromatic heterocycles. The van der Waals surface area contributed by atoms with E-state index in [-0.39, 0.29) is 30.0 Å². The van der Waals surface area contributed by atoms with Crippen LogP contribution in [0.3, 0.4) is 0 Å². The fraction of sp³-hybridized carbons (Fsp3) is 0.562. The number of carbonyl (C=O) groups is 1. The Labute approximate surface area is 137 Å². The number of hydrogen-bond acceptors (Lipinski definition) is 5. The topological polar surface area (TPSA) is 75.7 Å². The molecule has 1 aromatic rings. The maximum atomic E-state index is 12.1. The maximum Gasteiger partial charge on any atom is 0.236 e. The second-order valence-corrected chi connectivity index (χ2v) is 8.07. The molecule has 2 rings (SSSR count). The average molecular weight is 340 g/mol. The monoisotopic (exact) mass is 340 g/mol. The van der Waals surface area contributed by atoms with Gasteiger partial charge in [0.05, 0.1) is 25.2 Å². The molecule has 0 radical (unpaired) electrons. The number of rotatable bonds is 7. The summed E-state index contributed by atoms with van der Waals surface area (Å²) in [6.07, 6.45) is 1.36. The minimum absolute atomic E-state index is 0.0677. The summed E-state index contributed by atoms with van der Waals surface area (Å²) in [6.45, 7) is 0.915. The third-order valence-corrected chi connectivity index (χ3v) is 5.93. The zero-order valence-corrected chi connectivity index (χ0v) is 14.4. The van der Waals surface area contributed by atoms with Crippen molar-refractivity contribution in [1.29, 1.82) is 0 Å². The Balaban J connectivity index is 1.70. The molecule has 1 aromatic carbocycles. The molecule has 1 fully saturated rings. The molecule has 1 amide bonds. The van der Waals surface area contributed by atoms with E-state index in [1.807, 2.05) is 24.3 Å². The Morgan fingerprint density at radius 1 is 1.35 bits per heavy atom. The van der Waals surface area contributed by atoms with Gasteiger partial charge in [0.15, 0.2) is 9.84 Å². The van der Waals surface area contributed by atoms with E-state index in [9.17, 15) is 13.2 Å². The SMILES string of the molecule is COc1ccc(CCNCC(=O)N(C)C2CCS(=O)(=O)C2)cc1. The quantitative estimate of drug-likeness (QED) is 0.731. The van der Waals surface area contributed by atoms with E-state index < -0.39 is 9.84 Å². The number of carbonyl (C=O) groups excluding carboxylic acids is 1. The Hall–Kier alpha value is -1.60. The highest BCUT2D eigenvalue weighted by molar-refractivity contribution is 7.91. The van der Waals surface area contributed by atoms with E-state index in [0.717, 1.165) is 12.2 Å². The lowest BCUT2D eigenvalue weighted by molar-refractivity contribution is -0.130. The molecule has 1 saturated heterocycles. The molecule has 7 heteroatoms. The Kier molecular flexibility index (Phi) is 6.01. The third kappa shape index (κ3) is 5.21. The number of nitrogens with zero attached hydrogens (tertiary/aromatic N) is 1. The summed E-state index contributed by atoms with van der Waals surface area (Å²) in [7, 11) is 0.347. The van der Waals surface area contributed by atoms with Crippen LogP contribution < -0.4 is 10.1 Å². The highest BCUT2D eigenvalue weighted by Crippen LogP contribution is 2.16. The number of benzene rings is 1. The largest absolute Gasteiger partial charge is 0.497 e. The van der Waals surface area contributed by atoms with Gasteiger partial charge in [0.25, 0.3) is 0 Å². The predicted octanol–water partition coefficient (Wildman–Crippen LogP) is 0.473. The van der Waals surface area contributed by atoms with Gasteiger partial charge in [-0.1, -0.05) is 12.1 Å². The van der Waals surface area contributed by atoms with Gasteiger partial charge >= 0.3 is 0 Å². The molecule has 1 aliphatic rings. The van der Waals surface area contributed by atoms with Crippen LogP contribution in [0.25, 0.3) is 0 Å². The lowest BCUT2D eigenvalue weighted by Gasteiger charge is -2.23. The molecule has 1 N–H and O–H groups in total. The van der Waals surface area contributed by atoms with E-state index in [2.05, 4.69) is 5.32 Å². The number of amides is 1. The van der Waals surface area contributed by atoms with E-state index >= 15 is 0 Å². The van der Waals surface area contributed by atoms with Crippen LogP contribution in [0, 0.1) is 0 Å². The molecular formula is C16H24N2O4S. The van der Waals surface area contributed by atoms with Crippen molar-refractivity contribution in [2.75, 3.05) is 38.8 Å². The summed E-state index contributed by atoms with van der Waals surface area (Å²) in [5, 5.41) is 3.12. The number of methoxy groups -OCH3 is 1. The predicted molar refractivity (Wildman–Crippen MR) is 89.4 cm³/mol. The number of nitrogens with one attached hydrogen (secondary N) is 1. The van der Waals surface area contributed by atoms with Crippen molar-refractivity contribution in [3.8, 4) is 5.75 Å². The van der Waals surface area contributed by atoms with Crippen LogP contribution >= 0.6 is 0 Å². The smallest absolute Gasteiger partial charge is 0.236 e. The summed E-state index contributed by atoms with van der Waals surface area (Å²) in [4.78, 5) is 13.6. The minimum Gasteiger partial charge on any atom is -0.497 e. The Bertz CT molecular complexity index is 628. The van der Waals surface area contributed by atoms with Gasteiger partial charge in [-0.2, -0.15) is 0 Å². The molecule has 1 unspecified atom stereocenters. The van der Waals surface area contributed by atoms with E-state index in [0.29, 0.717) is 13.0 Å². The first-order valence-corrected chi connectivity index (χ1v) is 9.53. The zero-order valence-electron chi connectivity index (χ0n) is 13.6. The molecule has 6 nitrogen and oxygen atoms in total. The molecular weight excluding hydrogens is 316 g/mol. The van der Waals surface area contributed by atoms with Gasteiger partial charge < -0.3 is 15.0 Å². The second kappa shape index (κ2) is 7.79. The van der Waals surface area contributed by atoms with E-state index in [4.69, 9.17) is 4.74 Å². The zero-order chi connectivity index (χ0) is 16.9. The number of ether oxygens (including phenoxy) is 1. The van der Waals surface area contributed by atoms with Gasteiger partial charge in [0, 0.05) is 13.1 Å². The first-order valence-electron chi connectivity index (χ1n) is 7.71. The first kappa shape index (κ1) is 17.7. The summed E-state index contributed by atoms with van der Waals surface area (Å²) in [5.41, 5.74) is 1.17. The fourth-order valence-electron chi connectivity index (χ4n) is 2.63. The normalized spacial score (nSPS) is 19.5. The minimum atomic E-state index is -2.97. The number of hydrogen-bond donors (Lipinski definition) is 1. The van der Waals surface area contributed by atoms with Gasteiger partial charge in [-0.15, -0.1) is 0 Å². The summed E-state index contributed by atoms with van der Waals surface area (Å²) >= 11 is 0. The average Bonchev–Trinajstić information content (AvgIpc) is 2.91. The molecule has 0 bridgehead atoms. The Morgan fingerprint density at radius 2 is 2.04 bits per heavy atom. The second-order valence-electron chi connectivity index (χ2n) is 5.84. The summed E-state index contributed by atoms with van der Waals surface area (Å²) in [5.74, 6) is 1.02. The lowest BCUT2D eigenvalue weighted by atomic mass is 10.1. The van der Waals surface area contributed by atoms with Crippen molar-refractivity contribution in [2.24, 2.45) is 0 Å². The molecule has 1 atom stereocenters. The van der Waals surface area contributed by atoms with Crippen molar-refractivity contribution in [2.45, 2.75) is 18.9 Å². The van der Waals surface area contributed by atoms with Crippen LogP contribution in [-0.2, 0) is 21.1 Å². The van der Waals surface area contributed by atoms with E-state index in [1.54, 1.807) is 19.1 Å². The first-order chi connectivity index (χ1) is 10.9. The van der Waals surface area contributed by atoms with Crippen molar-refractivity contribution >= 4 is 15.7 Å². The fourth-order valence-corrected chi connectivity index (χ4v) is 4.40. The molecule has 1 aliphatic heterocycles. The molecule has 0 aliphatic carbocycles. The lowest BCUT2D eigenvalue weighted by Crippen LogP contribution is -2.42. The Morgan fingerprint density at radius 3 is 2.61 bits per heavy atom. The maximum absolute atomic E-state index is 12.1. The molecule has 23 heavy (non-hydrogen) atoms. The van der Waals surface area contributed by atoms with Gasteiger partial charge in [-0.05, 0) is 37.1 Å². The van der Waals surface area contributed by atoms with Crippen LogP contribution in [0.2, 0.25) is 0 Å². The van der Waals surface area contributed by atoms with Crippen LogP contribution in [-0.4, -0.2) is 64.0 Å². The molecule has 1 heterocycles. The van der Waals surface area contributed by atoms with Gasteiger partial charge in [-0.25, -0.2) is 8.42 Å². The third-order valence-electron chi connectivity index (χ3n) is 4.18. The van der Waals surface area contributed by atoms with Crippen LogP contribution in [0.4, 0.5) is 0 Å². The van der Waals surface area contributed by atoms with Crippen LogP contribution in [0.1, 0.15) is 12.0 Å². The summed E-state index contributed by atoms with van der Waals surface area (Å²) in [6, 6.07) is 7.63. The molecule has 128 valence electrons. The van der Waals surface area contributed by atoms with Crippen LogP contribution in [0.15, 0.2) is 24.3 Å². The van der Waals surface area contributed by atoms with Crippen molar-refractivity contribution in [3.63, 3.8) is 0 Å². The number of likely N-dealkylation sites (N-methyl/N-ethyl adjacent to an activating group) is 1. The van der Waals surface area contributed by atoms with Gasteiger partial charge in [0.2, 0.25) is 5.91 Å². The van der Waals surface area contributed by atoms with Gasteiger partial charge in [-0.3, -0.25) is 4.79 Å². The van der Waals surface area contributed by atoms with Crippen molar-refractivity contribution in [3.05, 3.63) is 29.8 Å². The van der Waals surface area contributed by atoms with E-state index in [1.165, 1.54) is 5.56 Å². The highest BCUT2D eigenvalue weighted by Gasteiger charge is 2.32. The van der Waals surface area contributed by atoms with Crippen LogP contribution in [0.5, 0.6) is 5.75 Å². The number of sulfone groups is 1.